The highest BCUT2D eigenvalue weighted by Gasteiger charge is 2.15. The molecule has 0 unspecified atom stereocenters. The van der Waals surface area contributed by atoms with Crippen LogP contribution in [0.15, 0.2) is 63.8 Å². The highest BCUT2D eigenvalue weighted by molar-refractivity contribution is 5.87. The summed E-state index contributed by atoms with van der Waals surface area (Å²) in [4.78, 5) is 12.9. The van der Waals surface area contributed by atoms with Crippen LogP contribution in [0, 0.1) is 6.92 Å². The smallest absolute Gasteiger partial charge is 0.196 e. The molecule has 1 aliphatic rings. The molecule has 2 aromatic carbocycles. The van der Waals surface area contributed by atoms with Crippen molar-refractivity contribution in [3.05, 3.63) is 76.0 Å². The quantitative estimate of drug-likeness (QED) is 0.645. The van der Waals surface area contributed by atoms with Gasteiger partial charge in [-0.15, -0.1) is 0 Å². The van der Waals surface area contributed by atoms with Crippen LogP contribution < -0.4 is 5.43 Å². The van der Waals surface area contributed by atoms with Crippen molar-refractivity contribution < 1.29 is 13.9 Å². The summed E-state index contributed by atoms with van der Waals surface area (Å²) in [5.41, 5.74) is 3.07. The van der Waals surface area contributed by atoms with Crippen molar-refractivity contribution in [2.24, 2.45) is 0 Å². The van der Waals surface area contributed by atoms with Crippen LogP contribution in [0.4, 0.5) is 0 Å². The molecule has 0 N–H and O–H groups in total. The largest absolute Gasteiger partial charge is 0.455 e. The van der Waals surface area contributed by atoms with Crippen molar-refractivity contribution in [1.29, 1.82) is 0 Å². The number of fused-ring (bicyclic) bond motifs is 1. The maximum atomic E-state index is 12.9. The van der Waals surface area contributed by atoms with Crippen LogP contribution in [-0.4, -0.2) is 19.5 Å². The van der Waals surface area contributed by atoms with Crippen molar-refractivity contribution in [3.8, 4) is 11.3 Å². The van der Waals surface area contributed by atoms with E-state index in [2.05, 4.69) is 6.08 Å². The predicted molar refractivity (Wildman–Crippen MR) is 107 cm³/mol. The highest BCUT2D eigenvalue weighted by atomic mass is 16.7. The molecule has 4 rings (SSSR count). The number of allylic oxidation sites excluding steroid dienone is 1. The zero-order valence-corrected chi connectivity index (χ0v) is 15.3. The van der Waals surface area contributed by atoms with Crippen LogP contribution in [0.3, 0.4) is 0 Å². The molecule has 1 aliphatic heterocycles. The summed E-state index contributed by atoms with van der Waals surface area (Å²) in [6.45, 7) is 3.16. The first-order valence-corrected chi connectivity index (χ1v) is 9.25. The van der Waals surface area contributed by atoms with E-state index in [1.807, 2.05) is 61.5 Å². The minimum Gasteiger partial charge on any atom is -0.455 e. The van der Waals surface area contributed by atoms with E-state index in [1.165, 1.54) is 0 Å². The Bertz CT molecular complexity index is 1010. The fourth-order valence-corrected chi connectivity index (χ4v) is 3.34. The average molecular weight is 362 g/mol. The van der Waals surface area contributed by atoms with E-state index in [4.69, 9.17) is 13.9 Å². The van der Waals surface area contributed by atoms with E-state index < -0.39 is 0 Å². The zero-order chi connectivity index (χ0) is 18.6. The van der Waals surface area contributed by atoms with Gasteiger partial charge in [-0.3, -0.25) is 4.79 Å². The lowest BCUT2D eigenvalue weighted by atomic mass is 10.0. The van der Waals surface area contributed by atoms with Gasteiger partial charge in [0.05, 0.1) is 18.6 Å². The molecular weight excluding hydrogens is 340 g/mol. The van der Waals surface area contributed by atoms with Gasteiger partial charge in [-0.05, 0) is 19.4 Å². The molecule has 4 heteroatoms. The lowest BCUT2D eigenvalue weighted by Crippen LogP contribution is -2.07. The zero-order valence-electron chi connectivity index (χ0n) is 15.3. The van der Waals surface area contributed by atoms with E-state index >= 15 is 0 Å². The minimum atomic E-state index is -0.104. The second-order valence-electron chi connectivity index (χ2n) is 6.63. The first-order chi connectivity index (χ1) is 13.2. The van der Waals surface area contributed by atoms with Crippen molar-refractivity contribution >= 4 is 17.0 Å². The Balaban J connectivity index is 1.69. The topological polar surface area (TPSA) is 48.7 Å². The van der Waals surface area contributed by atoms with Crippen LogP contribution in [0.25, 0.3) is 28.4 Å². The lowest BCUT2D eigenvalue weighted by molar-refractivity contribution is -0.0457. The number of hydrogen-bond acceptors (Lipinski definition) is 4. The summed E-state index contributed by atoms with van der Waals surface area (Å²) in [6.07, 6.45) is 5.63. The van der Waals surface area contributed by atoms with Crippen LogP contribution >= 0.6 is 0 Å². The van der Waals surface area contributed by atoms with Gasteiger partial charge in [0.25, 0.3) is 0 Å². The predicted octanol–water partition coefficient (Wildman–Crippen LogP) is 4.93. The Kier molecular flexibility index (Phi) is 5.19. The van der Waals surface area contributed by atoms with Gasteiger partial charge in [-0.1, -0.05) is 54.6 Å². The monoisotopic (exact) mass is 362 g/mol. The van der Waals surface area contributed by atoms with E-state index in [1.54, 1.807) is 0 Å². The third-order valence-corrected chi connectivity index (χ3v) is 4.77. The molecule has 27 heavy (non-hydrogen) atoms. The molecule has 1 saturated heterocycles. The first-order valence-electron chi connectivity index (χ1n) is 9.25. The SMILES string of the molecule is Cc1c(-c2ccccc2)oc2c(/C=C/CCC3OCCO3)cccc2c1=O. The maximum absolute atomic E-state index is 12.9. The molecule has 138 valence electrons. The molecule has 0 saturated carbocycles. The molecule has 4 nitrogen and oxygen atoms in total. The highest BCUT2D eigenvalue weighted by Crippen LogP contribution is 2.27. The molecule has 0 spiro atoms. The molecule has 1 fully saturated rings. The Morgan fingerprint density at radius 1 is 1.04 bits per heavy atom. The molecule has 0 radical (unpaired) electrons. The molecule has 3 aromatic rings. The van der Waals surface area contributed by atoms with Crippen molar-refractivity contribution in [2.45, 2.75) is 26.1 Å². The third-order valence-electron chi connectivity index (χ3n) is 4.77. The van der Waals surface area contributed by atoms with E-state index in [0.717, 1.165) is 24.0 Å². The fraction of sp³-hybridized carbons (Fsp3) is 0.261. The normalized spacial score (nSPS) is 15.1. The maximum Gasteiger partial charge on any atom is 0.196 e. The Labute approximate surface area is 158 Å². The summed E-state index contributed by atoms with van der Waals surface area (Å²) in [5.74, 6) is 0.627. The second kappa shape index (κ2) is 7.91. The van der Waals surface area contributed by atoms with Gasteiger partial charge in [-0.2, -0.15) is 0 Å². The average Bonchev–Trinajstić information content (AvgIpc) is 3.22. The van der Waals surface area contributed by atoms with Gasteiger partial charge >= 0.3 is 0 Å². The number of rotatable bonds is 5. The van der Waals surface area contributed by atoms with Crippen LogP contribution in [-0.2, 0) is 9.47 Å². The van der Waals surface area contributed by atoms with Crippen LogP contribution in [0.1, 0.15) is 24.0 Å². The standard InChI is InChI=1S/C23H22O4/c1-16-21(24)19-12-7-11-18(10-5-6-13-20-25-14-15-26-20)23(19)27-22(16)17-8-3-2-4-9-17/h2-5,7-12,20H,6,13-15H2,1H3/b10-5+. The van der Waals surface area contributed by atoms with Crippen molar-refractivity contribution in [1.82, 2.24) is 0 Å². The summed E-state index contributed by atoms with van der Waals surface area (Å²) in [7, 11) is 0. The Morgan fingerprint density at radius 3 is 2.59 bits per heavy atom. The number of benzene rings is 2. The summed E-state index contributed by atoms with van der Waals surface area (Å²) in [6, 6.07) is 15.4. The van der Waals surface area contributed by atoms with Gasteiger partial charge < -0.3 is 13.9 Å². The number of hydrogen-bond donors (Lipinski definition) is 0. The fourth-order valence-electron chi connectivity index (χ4n) is 3.34. The van der Waals surface area contributed by atoms with Gasteiger partial charge in [0.2, 0.25) is 0 Å². The molecule has 0 bridgehead atoms. The number of para-hydroxylation sites is 1. The van der Waals surface area contributed by atoms with E-state index in [9.17, 15) is 4.79 Å². The Morgan fingerprint density at radius 2 is 1.81 bits per heavy atom. The van der Waals surface area contributed by atoms with Gasteiger partial charge in [0, 0.05) is 23.1 Å². The molecule has 0 aliphatic carbocycles. The van der Waals surface area contributed by atoms with Gasteiger partial charge in [0.1, 0.15) is 11.3 Å². The summed E-state index contributed by atoms with van der Waals surface area (Å²) >= 11 is 0. The van der Waals surface area contributed by atoms with Crippen molar-refractivity contribution in [3.63, 3.8) is 0 Å². The first kappa shape index (κ1) is 17.7. The molecule has 1 aromatic heterocycles. The van der Waals surface area contributed by atoms with E-state index in [0.29, 0.717) is 35.5 Å². The van der Waals surface area contributed by atoms with Gasteiger partial charge in [-0.25, -0.2) is 0 Å². The molecule has 0 amide bonds. The van der Waals surface area contributed by atoms with Crippen molar-refractivity contribution in [2.75, 3.05) is 13.2 Å². The minimum absolute atomic E-state index is 0.0121. The molecule has 0 atom stereocenters. The second-order valence-corrected chi connectivity index (χ2v) is 6.63. The lowest BCUT2D eigenvalue weighted by Gasteiger charge is -2.09. The third kappa shape index (κ3) is 3.72. The van der Waals surface area contributed by atoms with Gasteiger partial charge in [0.15, 0.2) is 11.7 Å². The summed E-state index contributed by atoms with van der Waals surface area (Å²) in [5, 5.41) is 0.608. The molecular formula is C23H22O4. The summed E-state index contributed by atoms with van der Waals surface area (Å²) < 4.78 is 17.1. The van der Waals surface area contributed by atoms with E-state index in [-0.39, 0.29) is 11.7 Å². The van der Waals surface area contributed by atoms with Crippen LogP contribution in [0.5, 0.6) is 0 Å². The van der Waals surface area contributed by atoms with Crippen LogP contribution in [0.2, 0.25) is 0 Å². The Hall–Kier alpha value is -2.69. The molecule has 2 heterocycles. The number of ether oxygens (including phenoxy) is 2.